The Labute approximate surface area is 121 Å². The Morgan fingerprint density at radius 1 is 1.30 bits per heavy atom. The second kappa shape index (κ2) is 7.17. The molecule has 1 aromatic rings. The van der Waals surface area contributed by atoms with Gasteiger partial charge < -0.3 is 15.7 Å². The average Bonchev–Trinajstić information content (AvgIpc) is 2.40. The number of rotatable bonds is 6. The first-order valence-electron chi connectivity index (χ1n) is 7.30. The van der Waals surface area contributed by atoms with Crippen molar-refractivity contribution in [2.24, 2.45) is 5.92 Å². The van der Waals surface area contributed by atoms with Crippen molar-refractivity contribution in [1.29, 1.82) is 0 Å². The largest absolute Gasteiger partial charge is 0.508 e. The molecule has 1 rings (SSSR count). The van der Waals surface area contributed by atoms with Gasteiger partial charge in [-0.2, -0.15) is 0 Å². The number of nitrogens with two attached hydrogens (primary N) is 1. The summed E-state index contributed by atoms with van der Waals surface area (Å²) in [5, 5.41) is 9.58. The first-order valence-corrected chi connectivity index (χ1v) is 7.30. The molecule has 0 atom stereocenters. The molecule has 0 aliphatic carbocycles. The highest BCUT2D eigenvalue weighted by molar-refractivity contribution is 5.99. The zero-order valence-electron chi connectivity index (χ0n) is 12.9. The molecule has 0 saturated heterocycles. The van der Waals surface area contributed by atoms with Crippen LogP contribution in [0.4, 0.5) is 5.69 Å². The minimum absolute atomic E-state index is 0.0663. The molecule has 0 bridgehead atoms. The van der Waals surface area contributed by atoms with E-state index in [-0.39, 0.29) is 17.7 Å². The third-order valence-electron chi connectivity index (χ3n) is 3.47. The second-order valence-electron chi connectivity index (χ2n) is 5.59. The lowest BCUT2D eigenvalue weighted by Crippen LogP contribution is -2.42. The van der Waals surface area contributed by atoms with E-state index in [1.54, 1.807) is 6.07 Å². The number of hydrogen-bond acceptors (Lipinski definition) is 3. The molecule has 0 saturated carbocycles. The van der Waals surface area contributed by atoms with Gasteiger partial charge in [0.1, 0.15) is 5.75 Å². The lowest BCUT2D eigenvalue weighted by atomic mass is 10.0. The monoisotopic (exact) mass is 278 g/mol. The molecule has 1 amide bonds. The van der Waals surface area contributed by atoms with Gasteiger partial charge in [-0.3, -0.25) is 4.79 Å². The number of aromatic hydroxyl groups is 1. The van der Waals surface area contributed by atoms with Crippen molar-refractivity contribution < 1.29 is 9.90 Å². The van der Waals surface area contributed by atoms with Crippen molar-refractivity contribution in [3.63, 3.8) is 0 Å². The second-order valence-corrected chi connectivity index (χ2v) is 5.59. The van der Waals surface area contributed by atoms with Gasteiger partial charge in [-0.25, -0.2) is 0 Å². The first-order chi connectivity index (χ1) is 9.40. The van der Waals surface area contributed by atoms with Crippen molar-refractivity contribution in [2.45, 2.75) is 46.6 Å². The molecule has 0 spiro atoms. The number of hydrogen-bond donors (Lipinski definition) is 2. The molecule has 4 nitrogen and oxygen atoms in total. The Morgan fingerprint density at radius 2 is 1.90 bits per heavy atom. The topological polar surface area (TPSA) is 66.6 Å². The fourth-order valence-corrected chi connectivity index (χ4v) is 2.40. The molecular formula is C16H26N2O2. The lowest BCUT2D eigenvalue weighted by Gasteiger charge is -2.32. The maximum Gasteiger partial charge on any atom is 0.256 e. The van der Waals surface area contributed by atoms with E-state index in [0.717, 1.165) is 12.8 Å². The highest BCUT2D eigenvalue weighted by Gasteiger charge is 2.24. The minimum Gasteiger partial charge on any atom is -0.508 e. The van der Waals surface area contributed by atoms with E-state index in [9.17, 15) is 9.90 Å². The van der Waals surface area contributed by atoms with Crippen molar-refractivity contribution in [3.05, 3.63) is 23.8 Å². The van der Waals surface area contributed by atoms with Crippen LogP contribution in [-0.4, -0.2) is 28.5 Å². The summed E-state index contributed by atoms with van der Waals surface area (Å²) in [6.07, 6.45) is 1.82. The fraction of sp³-hybridized carbons (Fsp3) is 0.562. The van der Waals surface area contributed by atoms with Crippen molar-refractivity contribution >= 4 is 11.6 Å². The van der Waals surface area contributed by atoms with Gasteiger partial charge >= 0.3 is 0 Å². The molecule has 0 heterocycles. The van der Waals surface area contributed by atoms with Gasteiger partial charge in [0, 0.05) is 18.3 Å². The van der Waals surface area contributed by atoms with Gasteiger partial charge in [-0.05, 0) is 37.0 Å². The maximum atomic E-state index is 12.7. The smallest absolute Gasteiger partial charge is 0.256 e. The third kappa shape index (κ3) is 3.89. The average molecular weight is 278 g/mol. The lowest BCUT2D eigenvalue weighted by molar-refractivity contribution is 0.0641. The summed E-state index contributed by atoms with van der Waals surface area (Å²) >= 11 is 0. The number of phenols is 1. The van der Waals surface area contributed by atoms with Crippen molar-refractivity contribution in [3.8, 4) is 5.75 Å². The zero-order chi connectivity index (χ0) is 15.3. The van der Waals surface area contributed by atoms with Gasteiger partial charge in [0.05, 0.1) is 5.56 Å². The van der Waals surface area contributed by atoms with Crippen LogP contribution < -0.4 is 5.73 Å². The molecule has 4 heteroatoms. The number of nitrogen functional groups attached to an aromatic ring is 1. The summed E-state index contributed by atoms with van der Waals surface area (Å²) < 4.78 is 0. The first kappa shape index (κ1) is 16.3. The quantitative estimate of drug-likeness (QED) is 0.620. The molecule has 0 aliphatic rings. The van der Waals surface area contributed by atoms with Gasteiger partial charge in [-0.1, -0.05) is 27.7 Å². The van der Waals surface area contributed by atoms with Gasteiger partial charge in [0.2, 0.25) is 0 Å². The Bertz CT molecular complexity index is 454. The summed E-state index contributed by atoms with van der Waals surface area (Å²) in [7, 11) is 0. The van der Waals surface area contributed by atoms with Crippen LogP contribution in [0.25, 0.3) is 0 Å². The highest BCUT2D eigenvalue weighted by atomic mass is 16.3. The minimum atomic E-state index is -0.0965. The van der Waals surface area contributed by atoms with E-state index in [2.05, 4.69) is 27.7 Å². The third-order valence-corrected chi connectivity index (χ3v) is 3.47. The number of carbonyl (C=O) groups excluding carboxylic acids is 1. The normalized spacial score (nSPS) is 11.1. The SMILES string of the molecule is CCC(CC)N(CC(C)C)C(=O)c1cc(O)ccc1N. The summed E-state index contributed by atoms with van der Waals surface area (Å²) in [5.41, 5.74) is 6.68. The molecule has 0 aromatic heterocycles. The van der Waals surface area contributed by atoms with E-state index in [4.69, 9.17) is 5.73 Å². The molecule has 0 radical (unpaired) electrons. The Balaban J connectivity index is 3.12. The van der Waals surface area contributed by atoms with Crippen LogP contribution in [0.15, 0.2) is 18.2 Å². The van der Waals surface area contributed by atoms with Crippen molar-refractivity contribution in [1.82, 2.24) is 4.90 Å². The number of amides is 1. The highest BCUT2D eigenvalue weighted by Crippen LogP contribution is 2.23. The van der Waals surface area contributed by atoms with Crippen molar-refractivity contribution in [2.75, 3.05) is 12.3 Å². The van der Waals surface area contributed by atoms with Gasteiger partial charge in [0.25, 0.3) is 5.91 Å². The number of nitrogens with zero attached hydrogens (tertiary/aromatic N) is 1. The summed E-state index contributed by atoms with van der Waals surface area (Å²) in [4.78, 5) is 14.6. The van der Waals surface area contributed by atoms with Crippen LogP contribution >= 0.6 is 0 Å². The van der Waals surface area contributed by atoms with Crippen LogP contribution in [0.2, 0.25) is 0 Å². The van der Waals surface area contributed by atoms with E-state index in [1.165, 1.54) is 12.1 Å². The fourth-order valence-electron chi connectivity index (χ4n) is 2.40. The van der Waals surface area contributed by atoms with Gasteiger partial charge in [-0.15, -0.1) is 0 Å². The number of anilines is 1. The van der Waals surface area contributed by atoms with E-state index in [0.29, 0.717) is 23.7 Å². The van der Waals surface area contributed by atoms with E-state index < -0.39 is 0 Å². The Hall–Kier alpha value is -1.71. The van der Waals surface area contributed by atoms with Crippen LogP contribution in [0.3, 0.4) is 0 Å². The zero-order valence-corrected chi connectivity index (χ0v) is 12.9. The maximum absolute atomic E-state index is 12.7. The summed E-state index contributed by atoms with van der Waals surface area (Å²) in [5.74, 6) is 0.357. The predicted octanol–water partition coefficient (Wildman–Crippen LogP) is 3.26. The van der Waals surface area contributed by atoms with Crippen LogP contribution in [0.5, 0.6) is 5.75 Å². The summed E-state index contributed by atoms with van der Waals surface area (Å²) in [6, 6.07) is 4.72. The molecular weight excluding hydrogens is 252 g/mol. The molecule has 0 aliphatic heterocycles. The van der Waals surface area contributed by atoms with E-state index >= 15 is 0 Å². The Morgan fingerprint density at radius 3 is 2.40 bits per heavy atom. The molecule has 0 fully saturated rings. The number of phenolic OH excluding ortho intramolecular Hbond substituents is 1. The molecule has 3 N–H and O–H groups in total. The van der Waals surface area contributed by atoms with E-state index in [1.807, 2.05) is 4.90 Å². The molecule has 0 unspecified atom stereocenters. The predicted molar refractivity (Wildman–Crippen MR) is 82.8 cm³/mol. The standard InChI is InChI=1S/C16H26N2O2/c1-5-12(6-2)18(10-11(3)4)16(20)14-9-13(19)7-8-15(14)17/h7-9,11-12,19H,5-6,10,17H2,1-4H3. The Kier molecular flexibility index (Phi) is 5.86. The van der Waals surface area contributed by atoms with Crippen LogP contribution in [0, 0.1) is 5.92 Å². The molecule has 20 heavy (non-hydrogen) atoms. The molecule has 1 aromatic carbocycles. The number of benzene rings is 1. The summed E-state index contributed by atoms with van der Waals surface area (Å²) in [6.45, 7) is 9.05. The molecule has 112 valence electrons. The van der Waals surface area contributed by atoms with Crippen LogP contribution in [0.1, 0.15) is 50.9 Å². The van der Waals surface area contributed by atoms with Gasteiger partial charge in [0.15, 0.2) is 0 Å². The van der Waals surface area contributed by atoms with Crippen LogP contribution in [-0.2, 0) is 0 Å². The number of carbonyl (C=O) groups is 1.